The molecule has 12 heteroatoms. The van der Waals surface area contributed by atoms with Gasteiger partial charge in [0.05, 0.1) is 30.5 Å². The lowest BCUT2D eigenvalue weighted by molar-refractivity contribution is -0.320. The molecule has 7 rings (SSSR count). The molecule has 1 heterocycles. The highest BCUT2D eigenvalue weighted by Gasteiger charge is 2.92. The number of carbonyl (C=O) groups is 2. The molecule has 1 saturated heterocycles. The predicted molar refractivity (Wildman–Crippen MR) is 234 cm³/mol. The van der Waals surface area contributed by atoms with Crippen LogP contribution in [-0.4, -0.2) is 135 Å². The molecular weight excluding hydrogens is 791 g/mol. The van der Waals surface area contributed by atoms with Gasteiger partial charge in [-0.3, -0.25) is 0 Å². The van der Waals surface area contributed by atoms with E-state index in [0.29, 0.717) is 18.5 Å². The van der Waals surface area contributed by atoms with Crippen LogP contribution in [0.3, 0.4) is 0 Å². The molecule has 5 saturated carbocycles. The second-order valence-corrected chi connectivity index (χ2v) is 19.6. The third-order valence-corrected chi connectivity index (χ3v) is 16.5. The fourth-order valence-electron chi connectivity index (χ4n) is 14.6. The van der Waals surface area contributed by atoms with Crippen molar-refractivity contribution in [3.8, 4) is 0 Å². The number of nitrogens with zero attached hydrogens (tertiary/aromatic N) is 1. The molecule has 7 bridgehead atoms. The SMILES string of the molecule is CCCCCCCCCCCCCC/C=C/C=C/C(=O)O[C@]12[C@H]3[C@@H](OC(=O)c4ccccc4)[C@](O)(C[C@H]3[C@@]34C5[C@@H]1[C@H](OC)[C@@H]3[C@](COC)(CN5C)[C@H](O)C[C@@H]4OC)[C@@H](OC)[C@@H]2O. The van der Waals surface area contributed by atoms with Gasteiger partial charge in [0.2, 0.25) is 0 Å². The van der Waals surface area contributed by atoms with Crippen molar-refractivity contribution in [1.82, 2.24) is 4.90 Å². The highest BCUT2D eigenvalue weighted by atomic mass is 16.6. The zero-order valence-electron chi connectivity index (χ0n) is 38.1. The Balaban J connectivity index is 1.18. The van der Waals surface area contributed by atoms with Crippen molar-refractivity contribution in [2.45, 2.75) is 157 Å². The zero-order chi connectivity index (χ0) is 44.3. The van der Waals surface area contributed by atoms with Gasteiger partial charge >= 0.3 is 11.9 Å². The topological polar surface area (TPSA) is 153 Å². The third kappa shape index (κ3) is 7.63. The van der Waals surface area contributed by atoms with Gasteiger partial charge in [-0.25, -0.2) is 9.59 Å². The maximum atomic E-state index is 14.4. The summed E-state index contributed by atoms with van der Waals surface area (Å²) in [7, 11) is 8.31. The number of allylic oxidation sites excluding steroid dienone is 3. The normalized spacial score (nSPS) is 40.4. The zero-order valence-corrected chi connectivity index (χ0v) is 38.1. The molecule has 1 aromatic rings. The van der Waals surface area contributed by atoms with Gasteiger partial charge in [-0.15, -0.1) is 0 Å². The van der Waals surface area contributed by atoms with E-state index < -0.39 is 100 Å². The van der Waals surface area contributed by atoms with E-state index >= 15 is 0 Å². The third-order valence-electron chi connectivity index (χ3n) is 16.5. The van der Waals surface area contributed by atoms with Crippen molar-refractivity contribution in [1.29, 1.82) is 0 Å². The molecule has 5 aliphatic carbocycles. The Morgan fingerprint density at radius 2 is 1.50 bits per heavy atom. The Morgan fingerprint density at radius 3 is 2.11 bits per heavy atom. The quantitative estimate of drug-likeness (QED) is 0.0481. The number of piperidine rings is 1. The first-order valence-electron chi connectivity index (χ1n) is 23.7. The van der Waals surface area contributed by atoms with Gasteiger partial charge in [-0.1, -0.05) is 114 Å². The van der Waals surface area contributed by atoms with Crippen molar-refractivity contribution in [3.63, 3.8) is 0 Å². The summed E-state index contributed by atoms with van der Waals surface area (Å²) in [5.74, 6) is -3.91. The van der Waals surface area contributed by atoms with Crippen molar-refractivity contribution in [2.24, 2.45) is 34.5 Å². The van der Waals surface area contributed by atoms with Gasteiger partial charge in [-0.2, -0.15) is 0 Å². The first kappa shape index (κ1) is 47.3. The number of likely N-dealkylation sites (tertiary alicyclic amines) is 1. The number of unbranched alkanes of at least 4 members (excludes halogenated alkanes) is 12. The summed E-state index contributed by atoms with van der Waals surface area (Å²) < 4.78 is 38.3. The number of hydrogen-bond donors (Lipinski definition) is 3. The van der Waals surface area contributed by atoms with Gasteiger partial charge in [0.1, 0.15) is 23.9 Å². The van der Waals surface area contributed by atoms with Crippen LogP contribution in [0.5, 0.6) is 0 Å². The van der Waals surface area contributed by atoms with E-state index in [2.05, 4.69) is 17.9 Å². The molecule has 1 aliphatic heterocycles. The second-order valence-electron chi connectivity index (χ2n) is 19.6. The van der Waals surface area contributed by atoms with E-state index in [1.165, 1.54) is 83.8 Å². The highest BCUT2D eigenvalue weighted by molar-refractivity contribution is 5.89. The molecular formula is C50H75NO11. The van der Waals surface area contributed by atoms with Crippen molar-refractivity contribution < 1.29 is 53.3 Å². The Bertz CT molecular complexity index is 1720. The largest absolute Gasteiger partial charge is 0.455 e. The number of benzene rings is 1. The fourth-order valence-corrected chi connectivity index (χ4v) is 14.6. The average Bonchev–Trinajstić information content (AvgIpc) is 3.66. The summed E-state index contributed by atoms with van der Waals surface area (Å²) in [6, 6.07) is 8.19. The first-order valence-corrected chi connectivity index (χ1v) is 23.7. The Kier molecular flexibility index (Phi) is 15.1. The molecule has 62 heavy (non-hydrogen) atoms. The minimum Gasteiger partial charge on any atom is -0.455 e. The Hall–Kier alpha value is -2.68. The maximum Gasteiger partial charge on any atom is 0.338 e. The predicted octanol–water partition coefficient (Wildman–Crippen LogP) is 6.44. The van der Waals surface area contributed by atoms with Gasteiger partial charge in [0.25, 0.3) is 0 Å². The summed E-state index contributed by atoms with van der Waals surface area (Å²) in [6.07, 6.45) is 17.6. The van der Waals surface area contributed by atoms with Crippen LogP contribution in [0.1, 0.15) is 114 Å². The molecule has 6 aliphatic rings. The van der Waals surface area contributed by atoms with Gasteiger partial charge in [-0.05, 0) is 44.4 Å². The van der Waals surface area contributed by atoms with Crippen LogP contribution in [0.25, 0.3) is 0 Å². The Labute approximate surface area is 369 Å². The number of fused-ring (bicyclic) bond motifs is 2. The second kappa shape index (κ2) is 19.8. The summed E-state index contributed by atoms with van der Waals surface area (Å²) in [5.41, 5.74) is -5.00. The number of aliphatic hydroxyl groups excluding tert-OH is 2. The molecule has 1 aromatic carbocycles. The van der Waals surface area contributed by atoms with Crippen molar-refractivity contribution in [2.75, 3.05) is 48.6 Å². The summed E-state index contributed by atoms with van der Waals surface area (Å²) >= 11 is 0. The van der Waals surface area contributed by atoms with Crippen molar-refractivity contribution >= 4 is 11.9 Å². The van der Waals surface area contributed by atoms with Crippen molar-refractivity contribution in [3.05, 3.63) is 60.2 Å². The number of hydrogen-bond acceptors (Lipinski definition) is 12. The minimum atomic E-state index is -1.87. The summed E-state index contributed by atoms with van der Waals surface area (Å²) in [5, 5.41) is 38.1. The molecule has 346 valence electrons. The number of esters is 2. The van der Waals surface area contributed by atoms with Crippen LogP contribution in [0.2, 0.25) is 0 Å². The number of aliphatic hydroxyl groups is 3. The Morgan fingerprint density at radius 1 is 0.839 bits per heavy atom. The molecule has 1 spiro atoms. The van der Waals surface area contributed by atoms with E-state index in [4.69, 9.17) is 28.4 Å². The lowest BCUT2D eigenvalue weighted by atomic mass is 9.42. The van der Waals surface area contributed by atoms with Crippen LogP contribution in [0.15, 0.2) is 54.6 Å². The lowest BCUT2D eigenvalue weighted by Crippen LogP contribution is -2.81. The summed E-state index contributed by atoms with van der Waals surface area (Å²) in [6.45, 7) is 2.93. The monoisotopic (exact) mass is 866 g/mol. The summed E-state index contributed by atoms with van der Waals surface area (Å²) in [4.78, 5) is 30.7. The number of carbonyl (C=O) groups excluding carboxylic acids is 2. The van der Waals surface area contributed by atoms with Crippen LogP contribution < -0.4 is 0 Å². The number of ether oxygens (including phenoxy) is 6. The van der Waals surface area contributed by atoms with E-state index in [9.17, 15) is 24.9 Å². The minimum absolute atomic E-state index is 0.0555. The highest BCUT2D eigenvalue weighted by Crippen LogP contribution is 2.80. The van der Waals surface area contributed by atoms with Crippen LogP contribution in [-0.2, 0) is 33.2 Å². The molecule has 3 N–H and O–H groups in total. The first-order chi connectivity index (χ1) is 30.0. The van der Waals surface area contributed by atoms with E-state index in [1.54, 1.807) is 57.7 Å². The standard InChI is InChI=1S/C50H75NO11/c1-7-8-9-10-11-12-13-14-15-16-17-18-19-20-21-25-28-37(53)62-50-38-34(30-48(56,45(60-6)43(50)54)44(38)61-46(55)33-26-23-22-24-27-33)49-36(58-4)29-35(52)47(32-57-3)31-51(2)42(49)39(50)40(59-5)41(47)49/h20-28,34-36,38-45,52,54,56H,7-19,29-32H2,1-6H3/b21-20+,28-25+/t34-,35-,36+,38-,39+,40+,41-,42?,43+,44-,45+,47+,48-,49+,50-/m1/s1. The lowest BCUT2D eigenvalue weighted by Gasteiger charge is -2.70. The maximum absolute atomic E-state index is 14.4. The van der Waals surface area contributed by atoms with E-state index in [0.717, 1.165) is 12.8 Å². The fraction of sp³-hybridized carbons (Fsp3) is 0.760. The van der Waals surface area contributed by atoms with Crippen LogP contribution >= 0.6 is 0 Å². The molecule has 0 radical (unpaired) electrons. The van der Waals surface area contributed by atoms with Crippen LogP contribution in [0.4, 0.5) is 0 Å². The van der Waals surface area contributed by atoms with E-state index in [-0.39, 0.29) is 13.0 Å². The molecule has 0 aromatic heterocycles. The van der Waals surface area contributed by atoms with Gasteiger partial charge in [0.15, 0.2) is 5.60 Å². The smallest absolute Gasteiger partial charge is 0.338 e. The van der Waals surface area contributed by atoms with Gasteiger partial charge < -0.3 is 48.6 Å². The molecule has 12 nitrogen and oxygen atoms in total. The molecule has 6 fully saturated rings. The molecule has 1 unspecified atom stereocenters. The number of methoxy groups -OCH3 is 4. The molecule has 0 amide bonds. The molecule has 15 atom stereocenters. The average molecular weight is 866 g/mol. The van der Waals surface area contributed by atoms with E-state index in [1.807, 2.05) is 13.1 Å². The van der Waals surface area contributed by atoms with Crippen LogP contribution in [0, 0.1) is 34.5 Å². The van der Waals surface area contributed by atoms with Gasteiger partial charge in [0, 0.05) is 82.1 Å². The number of rotatable bonds is 23.